The van der Waals surface area contributed by atoms with Gasteiger partial charge in [0.2, 0.25) is 0 Å². The van der Waals surface area contributed by atoms with Crippen molar-refractivity contribution in [1.82, 2.24) is 5.32 Å². The lowest BCUT2D eigenvalue weighted by Crippen LogP contribution is -2.34. The Hall–Kier alpha value is 0.440. The molecule has 1 aliphatic heterocycles. The summed E-state index contributed by atoms with van der Waals surface area (Å²) in [6.45, 7) is 1.11. The van der Waals surface area contributed by atoms with Crippen LogP contribution in [-0.2, 0) is 0 Å². The van der Waals surface area contributed by atoms with Crippen LogP contribution in [0.1, 0.15) is 18.0 Å². The van der Waals surface area contributed by atoms with E-state index in [4.69, 9.17) is 0 Å². The quantitative estimate of drug-likeness (QED) is 0.710. The Bertz CT molecular complexity index is 313. The summed E-state index contributed by atoms with van der Waals surface area (Å²) in [4.78, 5) is 0. The van der Waals surface area contributed by atoms with E-state index in [1.54, 1.807) is 0 Å². The average molecular weight is 401 g/mol. The fourth-order valence-electron chi connectivity index (χ4n) is 1.36. The van der Waals surface area contributed by atoms with Crippen molar-refractivity contribution in [3.63, 3.8) is 0 Å². The number of hydrogen-bond donors (Lipinski definition) is 2. The number of halogens is 2. The zero-order chi connectivity index (χ0) is 9.42. The predicted molar refractivity (Wildman–Crippen MR) is 68.9 cm³/mol. The minimum atomic E-state index is 0.407. The first-order valence-electron chi connectivity index (χ1n) is 4.10. The van der Waals surface area contributed by atoms with Gasteiger partial charge in [-0.2, -0.15) is 0 Å². The maximum atomic E-state index is 9.57. The molecule has 2 N–H and O–H groups in total. The standard InChI is InChI=1S/C9H9I2NO/c10-6-3-5(8-1-2-12-8)4-7(11)9(6)13/h3-4,8,12-13H,1-2H2/t8-/m1/s1. The van der Waals surface area contributed by atoms with Gasteiger partial charge in [-0.1, -0.05) is 0 Å². The fraction of sp³-hybridized carbons (Fsp3) is 0.333. The second-order valence-electron chi connectivity index (χ2n) is 3.13. The number of rotatable bonds is 1. The van der Waals surface area contributed by atoms with Gasteiger partial charge in [-0.3, -0.25) is 0 Å². The Labute approximate surface area is 104 Å². The largest absolute Gasteiger partial charge is 0.506 e. The molecule has 1 aromatic carbocycles. The van der Waals surface area contributed by atoms with Crippen LogP contribution in [0.2, 0.25) is 0 Å². The molecule has 2 rings (SSSR count). The molecule has 1 aromatic rings. The molecule has 0 aliphatic carbocycles. The van der Waals surface area contributed by atoms with Crippen molar-refractivity contribution in [3.05, 3.63) is 24.8 Å². The van der Waals surface area contributed by atoms with E-state index < -0.39 is 0 Å². The molecule has 0 radical (unpaired) electrons. The number of phenols is 1. The van der Waals surface area contributed by atoms with Crippen molar-refractivity contribution in [2.75, 3.05) is 6.54 Å². The molecular weight excluding hydrogens is 392 g/mol. The number of phenolic OH excluding ortho intramolecular Hbond substituents is 1. The minimum Gasteiger partial charge on any atom is -0.506 e. The smallest absolute Gasteiger partial charge is 0.142 e. The third kappa shape index (κ3) is 1.94. The molecule has 1 atom stereocenters. The van der Waals surface area contributed by atoms with Crippen LogP contribution >= 0.6 is 45.2 Å². The fourth-order valence-corrected chi connectivity index (χ4v) is 3.18. The highest BCUT2D eigenvalue weighted by Crippen LogP contribution is 2.32. The lowest BCUT2D eigenvalue weighted by molar-refractivity contribution is 0.382. The van der Waals surface area contributed by atoms with E-state index in [2.05, 4.69) is 62.6 Å². The summed E-state index contributed by atoms with van der Waals surface area (Å²) >= 11 is 4.33. The molecule has 0 aromatic heterocycles. The van der Waals surface area contributed by atoms with E-state index in [1.807, 2.05) is 0 Å². The van der Waals surface area contributed by atoms with Gasteiger partial charge in [0.05, 0.1) is 7.14 Å². The first-order chi connectivity index (χ1) is 6.18. The van der Waals surface area contributed by atoms with E-state index in [1.165, 1.54) is 12.0 Å². The van der Waals surface area contributed by atoms with Gasteiger partial charge >= 0.3 is 0 Å². The molecule has 2 nitrogen and oxygen atoms in total. The van der Waals surface area contributed by atoms with Crippen LogP contribution in [0.3, 0.4) is 0 Å². The SMILES string of the molecule is Oc1c(I)cc([C@H]2CCN2)cc1I. The summed E-state index contributed by atoms with van der Waals surface area (Å²) in [5.74, 6) is 0.407. The van der Waals surface area contributed by atoms with Gasteiger partial charge in [0.15, 0.2) is 0 Å². The molecule has 4 heteroatoms. The Balaban J connectivity index is 2.37. The number of hydrogen-bond acceptors (Lipinski definition) is 2. The van der Waals surface area contributed by atoms with Crippen molar-refractivity contribution >= 4 is 45.2 Å². The van der Waals surface area contributed by atoms with E-state index in [0.717, 1.165) is 13.7 Å². The highest BCUT2D eigenvalue weighted by atomic mass is 127. The molecule has 1 saturated heterocycles. The number of aromatic hydroxyl groups is 1. The van der Waals surface area contributed by atoms with Gasteiger partial charge in [-0.15, -0.1) is 0 Å². The first kappa shape index (κ1) is 9.97. The van der Waals surface area contributed by atoms with Gasteiger partial charge < -0.3 is 10.4 Å². The lowest BCUT2D eigenvalue weighted by Gasteiger charge is -2.28. The third-order valence-electron chi connectivity index (χ3n) is 2.27. The maximum absolute atomic E-state index is 9.57. The molecule has 0 spiro atoms. The summed E-state index contributed by atoms with van der Waals surface area (Å²) in [5, 5.41) is 12.9. The normalized spacial score (nSPS) is 21.2. The second kappa shape index (κ2) is 3.90. The van der Waals surface area contributed by atoms with Crippen molar-refractivity contribution in [1.29, 1.82) is 0 Å². The summed E-state index contributed by atoms with van der Waals surface area (Å²) < 4.78 is 1.88. The molecule has 70 valence electrons. The van der Waals surface area contributed by atoms with Gasteiger partial charge in [-0.05, 0) is 75.8 Å². The number of benzene rings is 1. The number of nitrogens with one attached hydrogen (secondary N) is 1. The Morgan fingerprint density at radius 1 is 1.31 bits per heavy atom. The Morgan fingerprint density at radius 2 is 1.85 bits per heavy atom. The second-order valence-corrected chi connectivity index (χ2v) is 5.45. The zero-order valence-electron chi connectivity index (χ0n) is 6.85. The van der Waals surface area contributed by atoms with Crippen LogP contribution in [0.5, 0.6) is 5.75 Å². The van der Waals surface area contributed by atoms with E-state index in [9.17, 15) is 5.11 Å². The molecule has 1 aliphatic rings. The van der Waals surface area contributed by atoms with Crippen molar-refractivity contribution in [3.8, 4) is 5.75 Å². The molecule has 1 fully saturated rings. The lowest BCUT2D eigenvalue weighted by atomic mass is 9.98. The third-order valence-corrected chi connectivity index (χ3v) is 3.91. The molecule has 13 heavy (non-hydrogen) atoms. The van der Waals surface area contributed by atoms with Crippen LogP contribution in [0.25, 0.3) is 0 Å². The van der Waals surface area contributed by atoms with Crippen LogP contribution < -0.4 is 5.32 Å². The van der Waals surface area contributed by atoms with Crippen molar-refractivity contribution in [2.24, 2.45) is 0 Å². The van der Waals surface area contributed by atoms with E-state index >= 15 is 0 Å². The minimum absolute atomic E-state index is 0.407. The molecule has 0 unspecified atom stereocenters. The summed E-state index contributed by atoms with van der Waals surface area (Å²) in [6, 6.07) is 4.60. The van der Waals surface area contributed by atoms with Gasteiger partial charge in [0.25, 0.3) is 0 Å². The maximum Gasteiger partial charge on any atom is 0.142 e. The van der Waals surface area contributed by atoms with E-state index in [0.29, 0.717) is 11.8 Å². The van der Waals surface area contributed by atoms with E-state index in [-0.39, 0.29) is 0 Å². The topological polar surface area (TPSA) is 32.3 Å². The Kier molecular flexibility index (Phi) is 2.99. The molecular formula is C9H9I2NO. The van der Waals surface area contributed by atoms with Gasteiger partial charge in [-0.25, -0.2) is 0 Å². The molecule has 0 saturated carbocycles. The van der Waals surface area contributed by atoms with Crippen LogP contribution in [0.4, 0.5) is 0 Å². The molecule has 1 heterocycles. The summed E-state index contributed by atoms with van der Waals surface area (Å²) in [5.41, 5.74) is 1.29. The van der Waals surface area contributed by atoms with Crippen molar-refractivity contribution < 1.29 is 5.11 Å². The molecule has 0 bridgehead atoms. The van der Waals surface area contributed by atoms with Crippen molar-refractivity contribution in [2.45, 2.75) is 12.5 Å². The first-order valence-corrected chi connectivity index (χ1v) is 6.25. The summed E-state index contributed by atoms with van der Waals surface area (Å²) in [7, 11) is 0. The molecule has 0 amide bonds. The van der Waals surface area contributed by atoms with Gasteiger partial charge in [0.1, 0.15) is 5.75 Å². The highest BCUT2D eigenvalue weighted by Gasteiger charge is 2.20. The van der Waals surface area contributed by atoms with Crippen LogP contribution in [0, 0.1) is 7.14 Å². The average Bonchev–Trinajstić information content (AvgIpc) is 1.96. The van der Waals surface area contributed by atoms with Gasteiger partial charge in [0, 0.05) is 6.04 Å². The van der Waals surface area contributed by atoms with Crippen LogP contribution in [-0.4, -0.2) is 11.7 Å². The van der Waals surface area contributed by atoms with Crippen LogP contribution in [0.15, 0.2) is 12.1 Å². The highest BCUT2D eigenvalue weighted by molar-refractivity contribution is 14.1. The predicted octanol–water partition coefficient (Wildman–Crippen LogP) is 2.64. The Morgan fingerprint density at radius 3 is 2.23 bits per heavy atom. The zero-order valence-corrected chi connectivity index (χ0v) is 11.2. The monoisotopic (exact) mass is 401 g/mol. The summed E-state index contributed by atoms with van der Waals surface area (Å²) in [6.07, 6.45) is 1.21.